The van der Waals surface area contributed by atoms with Crippen LogP contribution >= 0.6 is 0 Å². The highest BCUT2D eigenvalue weighted by Crippen LogP contribution is 2.28. The standard InChI is InChI=1S/C13H20N2O/c1-5-14-12(16)15-11-9-7-6-8-10(11)13(2,3)4/h6-9H,5H2,1-4H3,(H2,14,15,16). The molecule has 0 spiro atoms. The molecule has 0 aromatic heterocycles. The third-order valence-electron chi connectivity index (χ3n) is 2.32. The van der Waals surface area contributed by atoms with Crippen LogP contribution < -0.4 is 10.6 Å². The molecule has 2 amide bonds. The number of anilines is 1. The Balaban J connectivity index is 2.92. The molecular weight excluding hydrogens is 200 g/mol. The van der Waals surface area contributed by atoms with Crippen LogP contribution in [0.4, 0.5) is 10.5 Å². The van der Waals surface area contributed by atoms with Crippen LogP contribution in [0.1, 0.15) is 33.3 Å². The normalized spacial score (nSPS) is 11.0. The molecule has 0 atom stereocenters. The van der Waals surface area contributed by atoms with Gasteiger partial charge in [0.1, 0.15) is 0 Å². The highest BCUT2D eigenvalue weighted by Gasteiger charge is 2.18. The molecule has 0 saturated carbocycles. The number of rotatable bonds is 2. The van der Waals surface area contributed by atoms with Gasteiger partial charge in [-0.3, -0.25) is 0 Å². The molecule has 3 nitrogen and oxygen atoms in total. The van der Waals surface area contributed by atoms with Crippen molar-refractivity contribution in [3.8, 4) is 0 Å². The van der Waals surface area contributed by atoms with Crippen LogP contribution in [0.3, 0.4) is 0 Å². The SMILES string of the molecule is CCNC(=O)Nc1ccccc1C(C)(C)C. The van der Waals surface area contributed by atoms with E-state index in [-0.39, 0.29) is 11.4 Å². The molecule has 88 valence electrons. The van der Waals surface area contributed by atoms with Crippen LogP contribution in [-0.4, -0.2) is 12.6 Å². The summed E-state index contributed by atoms with van der Waals surface area (Å²) >= 11 is 0. The summed E-state index contributed by atoms with van der Waals surface area (Å²) in [5.74, 6) is 0. The molecule has 0 unspecified atom stereocenters. The van der Waals surface area contributed by atoms with Crippen molar-refractivity contribution in [2.75, 3.05) is 11.9 Å². The second-order valence-electron chi connectivity index (χ2n) is 4.78. The number of urea groups is 1. The molecule has 0 saturated heterocycles. The van der Waals surface area contributed by atoms with Gasteiger partial charge in [0.05, 0.1) is 0 Å². The van der Waals surface area contributed by atoms with Gasteiger partial charge in [-0.15, -0.1) is 0 Å². The average molecular weight is 220 g/mol. The molecular formula is C13H20N2O. The minimum atomic E-state index is -0.154. The Morgan fingerprint density at radius 2 is 1.88 bits per heavy atom. The van der Waals surface area contributed by atoms with E-state index < -0.39 is 0 Å². The highest BCUT2D eigenvalue weighted by molar-refractivity contribution is 5.90. The number of para-hydroxylation sites is 1. The van der Waals surface area contributed by atoms with Crippen LogP contribution in [0.2, 0.25) is 0 Å². The summed E-state index contributed by atoms with van der Waals surface area (Å²) in [5.41, 5.74) is 2.04. The zero-order valence-electron chi connectivity index (χ0n) is 10.4. The maximum Gasteiger partial charge on any atom is 0.319 e. The van der Waals surface area contributed by atoms with Crippen LogP contribution in [0.5, 0.6) is 0 Å². The van der Waals surface area contributed by atoms with E-state index in [2.05, 4.69) is 31.4 Å². The van der Waals surface area contributed by atoms with E-state index in [4.69, 9.17) is 0 Å². The monoisotopic (exact) mass is 220 g/mol. The lowest BCUT2D eigenvalue weighted by atomic mass is 9.86. The van der Waals surface area contributed by atoms with Crippen molar-refractivity contribution < 1.29 is 4.79 Å². The van der Waals surface area contributed by atoms with Crippen LogP contribution in [0.15, 0.2) is 24.3 Å². The van der Waals surface area contributed by atoms with Gasteiger partial charge in [-0.05, 0) is 24.0 Å². The molecule has 2 N–H and O–H groups in total. The van der Waals surface area contributed by atoms with Gasteiger partial charge < -0.3 is 10.6 Å². The Labute approximate surface area is 97.2 Å². The zero-order chi connectivity index (χ0) is 12.2. The number of hydrogen-bond acceptors (Lipinski definition) is 1. The molecule has 0 aliphatic rings. The largest absolute Gasteiger partial charge is 0.338 e. The van der Waals surface area contributed by atoms with Gasteiger partial charge in [-0.2, -0.15) is 0 Å². The number of carbonyl (C=O) groups excluding carboxylic acids is 1. The molecule has 0 fully saturated rings. The molecule has 1 rings (SSSR count). The third-order valence-corrected chi connectivity index (χ3v) is 2.32. The first kappa shape index (κ1) is 12.6. The Kier molecular flexibility index (Phi) is 3.93. The quantitative estimate of drug-likeness (QED) is 0.790. The fourth-order valence-corrected chi connectivity index (χ4v) is 1.57. The van der Waals surface area contributed by atoms with Crippen molar-refractivity contribution in [2.24, 2.45) is 0 Å². The third kappa shape index (κ3) is 3.26. The second kappa shape index (κ2) is 5.01. The lowest BCUT2D eigenvalue weighted by molar-refractivity contribution is 0.252. The van der Waals surface area contributed by atoms with Crippen LogP contribution in [0.25, 0.3) is 0 Å². The van der Waals surface area contributed by atoms with Gasteiger partial charge >= 0.3 is 6.03 Å². The smallest absolute Gasteiger partial charge is 0.319 e. The Bertz CT molecular complexity index is 366. The molecule has 16 heavy (non-hydrogen) atoms. The van der Waals surface area contributed by atoms with E-state index in [0.29, 0.717) is 6.54 Å². The minimum Gasteiger partial charge on any atom is -0.338 e. The molecule has 1 aromatic rings. The van der Waals surface area contributed by atoms with Crippen molar-refractivity contribution in [3.05, 3.63) is 29.8 Å². The summed E-state index contributed by atoms with van der Waals surface area (Å²) in [6.45, 7) is 8.92. The van der Waals surface area contributed by atoms with E-state index in [9.17, 15) is 4.79 Å². The topological polar surface area (TPSA) is 41.1 Å². The van der Waals surface area contributed by atoms with Crippen molar-refractivity contribution in [2.45, 2.75) is 33.1 Å². The molecule has 0 heterocycles. The Morgan fingerprint density at radius 1 is 1.25 bits per heavy atom. The van der Waals surface area contributed by atoms with E-state index in [1.54, 1.807) is 0 Å². The lowest BCUT2D eigenvalue weighted by Crippen LogP contribution is -2.29. The Morgan fingerprint density at radius 3 is 2.44 bits per heavy atom. The highest BCUT2D eigenvalue weighted by atomic mass is 16.2. The van der Waals surface area contributed by atoms with E-state index in [1.165, 1.54) is 0 Å². The van der Waals surface area contributed by atoms with Crippen LogP contribution in [0, 0.1) is 0 Å². The molecule has 0 aliphatic heterocycles. The fraction of sp³-hybridized carbons (Fsp3) is 0.462. The van der Waals surface area contributed by atoms with Crippen molar-refractivity contribution >= 4 is 11.7 Å². The number of hydrogen-bond donors (Lipinski definition) is 2. The summed E-state index contributed by atoms with van der Waals surface area (Å²) in [6, 6.07) is 7.73. The van der Waals surface area contributed by atoms with Crippen molar-refractivity contribution in [3.63, 3.8) is 0 Å². The first-order valence-electron chi connectivity index (χ1n) is 5.59. The fourth-order valence-electron chi connectivity index (χ4n) is 1.57. The molecule has 3 heteroatoms. The Hall–Kier alpha value is -1.51. The first-order chi connectivity index (χ1) is 7.45. The molecule has 0 radical (unpaired) electrons. The summed E-state index contributed by atoms with van der Waals surface area (Å²) in [7, 11) is 0. The molecule has 0 bridgehead atoms. The van der Waals surface area contributed by atoms with Gasteiger partial charge in [-0.1, -0.05) is 39.0 Å². The maximum absolute atomic E-state index is 11.5. The predicted molar refractivity (Wildman–Crippen MR) is 67.8 cm³/mol. The number of benzene rings is 1. The maximum atomic E-state index is 11.5. The van der Waals surface area contributed by atoms with Crippen molar-refractivity contribution in [1.82, 2.24) is 5.32 Å². The van der Waals surface area contributed by atoms with E-state index in [1.807, 2.05) is 31.2 Å². The summed E-state index contributed by atoms with van der Waals surface area (Å²) in [5, 5.41) is 5.59. The minimum absolute atomic E-state index is 0.0239. The van der Waals surface area contributed by atoms with E-state index >= 15 is 0 Å². The second-order valence-corrected chi connectivity index (χ2v) is 4.78. The van der Waals surface area contributed by atoms with Gasteiger partial charge in [0.2, 0.25) is 0 Å². The number of amides is 2. The van der Waals surface area contributed by atoms with Gasteiger partial charge in [0, 0.05) is 12.2 Å². The van der Waals surface area contributed by atoms with E-state index in [0.717, 1.165) is 11.3 Å². The summed E-state index contributed by atoms with van der Waals surface area (Å²) in [4.78, 5) is 11.5. The van der Waals surface area contributed by atoms with Gasteiger partial charge in [0.25, 0.3) is 0 Å². The van der Waals surface area contributed by atoms with Crippen molar-refractivity contribution in [1.29, 1.82) is 0 Å². The predicted octanol–water partition coefficient (Wildman–Crippen LogP) is 3.13. The molecule has 1 aromatic carbocycles. The number of carbonyl (C=O) groups is 1. The average Bonchev–Trinajstić information content (AvgIpc) is 2.17. The van der Waals surface area contributed by atoms with Gasteiger partial charge in [0.15, 0.2) is 0 Å². The summed E-state index contributed by atoms with van der Waals surface area (Å²) in [6.07, 6.45) is 0. The lowest BCUT2D eigenvalue weighted by Gasteiger charge is -2.22. The first-order valence-corrected chi connectivity index (χ1v) is 5.59. The summed E-state index contributed by atoms with van der Waals surface area (Å²) < 4.78 is 0. The number of nitrogens with one attached hydrogen (secondary N) is 2. The van der Waals surface area contributed by atoms with Gasteiger partial charge in [-0.25, -0.2) is 4.79 Å². The molecule has 0 aliphatic carbocycles. The zero-order valence-corrected chi connectivity index (χ0v) is 10.4. The van der Waals surface area contributed by atoms with Crippen LogP contribution in [-0.2, 0) is 5.41 Å².